The van der Waals surface area contributed by atoms with Gasteiger partial charge in [0.05, 0.1) is 11.8 Å². The number of carboxylic acid groups (broad SMARTS) is 3. The monoisotopic (exact) mass is 698 g/mol. The molecule has 21 heteroatoms. The molecule has 0 spiro atoms. The maximum absolute atomic E-state index is 10.6. The van der Waals surface area contributed by atoms with Crippen LogP contribution in [0.5, 0.6) is 0 Å². The molecule has 4 rings (SSSR count). The molecule has 3 N–H and O–H groups in total. The number of carbonyl (C=O) groups is 3. The lowest BCUT2D eigenvalue weighted by molar-refractivity contribution is -0.193. The minimum absolute atomic E-state index is 0.350. The summed E-state index contributed by atoms with van der Waals surface area (Å²) in [6.45, 7) is 9.17. The highest BCUT2D eigenvalue weighted by Gasteiger charge is 2.44. The van der Waals surface area contributed by atoms with Crippen LogP contribution in [0.15, 0.2) is 29.0 Å². The number of ether oxygens (including phenoxy) is 1. The smallest absolute Gasteiger partial charge is 0.475 e. The van der Waals surface area contributed by atoms with Gasteiger partial charge in [0.15, 0.2) is 0 Å². The molecule has 2 saturated heterocycles. The molecule has 0 aliphatic carbocycles. The number of fused-ring (bicyclic) bond motifs is 1. The van der Waals surface area contributed by atoms with Crippen LogP contribution in [0.4, 0.5) is 39.5 Å². The summed E-state index contributed by atoms with van der Waals surface area (Å²) >= 11 is 0. The first kappa shape index (κ1) is 41.0. The number of nitrogens with zero attached hydrogens (tertiary/aromatic N) is 4. The molecule has 266 valence electrons. The second-order valence-corrected chi connectivity index (χ2v) is 10.0. The molecule has 0 amide bonds. The summed E-state index contributed by atoms with van der Waals surface area (Å²) in [5.41, 5.74) is 3.58. The number of alkyl halides is 9. The highest BCUT2D eigenvalue weighted by Crippen LogP contribution is 2.34. The van der Waals surface area contributed by atoms with Gasteiger partial charge in [-0.25, -0.2) is 14.4 Å². The van der Waals surface area contributed by atoms with Crippen molar-refractivity contribution in [2.24, 2.45) is 5.92 Å². The first-order valence-electron chi connectivity index (χ1n) is 13.2. The number of aryl methyl sites for hydroxylation is 2. The SMILES string of the molecule is CO[C@H]1CCN(Cc2c(C)noc2C)[C@@H]2CN(Cc3ccncc3)C[C@H]12.O=C(O)C(F)(F)F.O=C(O)C(F)(F)F.O=C(O)C(F)(F)F. The Balaban J connectivity index is 0.000000430. The van der Waals surface area contributed by atoms with Gasteiger partial charge in [0.2, 0.25) is 0 Å². The average Bonchev–Trinajstić information content (AvgIpc) is 3.51. The summed E-state index contributed by atoms with van der Waals surface area (Å²) in [7, 11) is 1.86. The molecule has 0 radical (unpaired) electrons. The van der Waals surface area contributed by atoms with Crippen LogP contribution in [0, 0.1) is 19.8 Å². The van der Waals surface area contributed by atoms with Crippen LogP contribution in [-0.2, 0) is 32.2 Å². The molecule has 47 heavy (non-hydrogen) atoms. The molecule has 2 aliphatic heterocycles. The number of hydrogen-bond donors (Lipinski definition) is 3. The van der Waals surface area contributed by atoms with Crippen LogP contribution in [0.1, 0.15) is 29.0 Å². The molecule has 0 saturated carbocycles. The zero-order chi connectivity index (χ0) is 36.3. The third-order valence-electron chi connectivity index (χ3n) is 6.78. The fourth-order valence-corrected chi connectivity index (χ4v) is 4.61. The number of hydrogen-bond acceptors (Lipinski definition) is 9. The van der Waals surface area contributed by atoms with Crippen LogP contribution in [0.2, 0.25) is 0 Å². The van der Waals surface area contributed by atoms with E-state index in [9.17, 15) is 39.5 Å². The minimum Gasteiger partial charge on any atom is -0.475 e. The Kier molecular flexibility index (Phi) is 15.1. The van der Waals surface area contributed by atoms with Gasteiger partial charge in [-0.1, -0.05) is 5.16 Å². The van der Waals surface area contributed by atoms with Crippen molar-refractivity contribution in [2.45, 2.75) is 64.0 Å². The Morgan fingerprint density at radius 3 is 1.72 bits per heavy atom. The Labute approximate surface area is 260 Å². The van der Waals surface area contributed by atoms with E-state index in [0.717, 1.165) is 50.6 Å². The van der Waals surface area contributed by atoms with E-state index in [1.165, 1.54) is 11.1 Å². The molecule has 0 aromatic carbocycles. The molecule has 2 aromatic rings. The zero-order valence-corrected chi connectivity index (χ0v) is 24.9. The summed E-state index contributed by atoms with van der Waals surface area (Å²) in [6.07, 6.45) is -10.1. The van der Waals surface area contributed by atoms with Gasteiger partial charge in [0.1, 0.15) is 5.76 Å². The highest BCUT2D eigenvalue weighted by atomic mass is 19.4. The van der Waals surface area contributed by atoms with E-state index in [1.54, 1.807) is 0 Å². The number of aromatic nitrogens is 2. The van der Waals surface area contributed by atoms with Crippen LogP contribution in [0.3, 0.4) is 0 Å². The topological polar surface area (TPSA) is 167 Å². The lowest BCUT2D eigenvalue weighted by Gasteiger charge is -2.41. The van der Waals surface area contributed by atoms with E-state index in [0.29, 0.717) is 18.1 Å². The van der Waals surface area contributed by atoms with Gasteiger partial charge >= 0.3 is 36.4 Å². The summed E-state index contributed by atoms with van der Waals surface area (Å²) < 4.78 is 106. The van der Waals surface area contributed by atoms with E-state index >= 15 is 0 Å². The molecule has 4 heterocycles. The Bertz CT molecular complexity index is 1230. The van der Waals surface area contributed by atoms with Gasteiger partial charge in [0, 0.05) is 69.8 Å². The van der Waals surface area contributed by atoms with Gasteiger partial charge in [-0.05, 0) is 38.0 Å². The second-order valence-electron chi connectivity index (χ2n) is 10.0. The van der Waals surface area contributed by atoms with Crippen molar-refractivity contribution in [2.75, 3.05) is 26.7 Å². The van der Waals surface area contributed by atoms with Crippen molar-refractivity contribution < 1.29 is 78.5 Å². The van der Waals surface area contributed by atoms with Crippen molar-refractivity contribution >= 4 is 17.9 Å². The van der Waals surface area contributed by atoms with Crippen LogP contribution < -0.4 is 0 Å². The quantitative estimate of drug-likeness (QED) is 0.380. The van der Waals surface area contributed by atoms with Crippen molar-refractivity contribution in [3.05, 3.63) is 47.1 Å². The molecular formula is C26H31F9N4O8. The van der Waals surface area contributed by atoms with Gasteiger partial charge < -0.3 is 24.6 Å². The Morgan fingerprint density at radius 2 is 1.34 bits per heavy atom. The van der Waals surface area contributed by atoms with E-state index < -0.39 is 36.4 Å². The highest BCUT2D eigenvalue weighted by molar-refractivity contribution is 5.73. The van der Waals surface area contributed by atoms with Gasteiger partial charge in [-0.2, -0.15) is 39.5 Å². The molecule has 2 fully saturated rings. The number of carboxylic acids is 3. The summed E-state index contributed by atoms with van der Waals surface area (Å²) in [5, 5.41) is 25.5. The van der Waals surface area contributed by atoms with Crippen LogP contribution in [-0.4, -0.2) is 111 Å². The molecule has 2 aromatic heterocycles. The first-order chi connectivity index (χ1) is 21.5. The Morgan fingerprint density at radius 1 is 0.872 bits per heavy atom. The summed E-state index contributed by atoms with van der Waals surface area (Å²) in [6, 6.07) is 4.73. The Hall–Kier alpha value is -3.98. The van der Waals surface area contributed by atoms with E-state index in [2.05, 4.69) is 32.1 Å². The number of methoxy groups -OCH3 is 1. The standard InChI is InChI=1S/C20H28N4O2.3C2HF3O2/c1-14-17(15(2)26-22-14)12-24-9-6-20(25-3)18-11-23(13-19(18)24)10-16-4-7-21-8-5-16;3*3-2(4,5)1(6)7/h4-5,7-8,18-20H,6,9-13H2,1-3H3;3*(H,6,7)/t18-,19+,20-;;;/m0.../s1. The van der Waals surface area contributed by atoms with Crippen molar-refractivity contribution in [3.8, 4) is 0 Å². The predicted molar refractivity (Wildman–Crippen MR) is 140 cm³/mol. The molecular weight excluding hydrogens is 667 g/mol. The van der Waals surface area contributed by atoms with Crippen molar-refractivity contribution in [1.29, 1.82) is 0 Å². The van der Waals surface area contributed by atoms with Gasteiger partial charge in [0.25, 0.3) is 0 Å². The lowest BCUT2D eigenvalue weighted by atomic mass is 9.88. The predicted octanol–water partition coefficient (Wildman–Crippen LogP) is 4.31. The number of piperidine rings is 1. The van der Waals surface area contributed by atoms with E-state index in [1.807, 2.05) is 33.4 Å². The summed E-state index contributed by atoms with van der Waals surface area (Å²) in [5.74, 6) is -6.77. The lowest BCUT2D eigenvalue weighted by Crippen LogP contribution is -2.50. The van der Waals surface area contributed by atoms with Gasteiger partial charge in [-0.15, -0.1) is 0 Å². The van der Waals surface area contributed by atoms with Crippen molar-refractivity contribution in [1.82, 2.24) is 19.9 Å². The third-order valence-corrected chi connectivity index (χ3v) is 6.78. The first-order valence-corrected chi connectivity index (χ1v) is 13.2. The van der Waals surface area contributed by atoms with Crippen molar-refractivity contribution in [3.63, 3.8) is 0 Å². The maximum Gasteiger partial charge on any atom is 0.490 e. The van der Waals surface area contributed by atoms with Gasteiger partial charge in [-0.3, -0.25) is 14.8 Å². The fraction of sp³-hybridized carbons (Fsp3) is 0.577. The number of rotatable bonds is 5. The summed E-state index contributed by atoms with van der Waals surface area (Å²) in [4.78, 5) is 36.0. The van der Waals surface area contributed by atoms with E-state index in [4.69, 9.17) is 39.0 Å². The molecule has 2 aliphatic rings. The van der Waals surface area contributed by atoms with E-state index in [-0.39, 0.29) is 0 Å². The number of likely N-dealkylation sites (tertiary alicyclic amines) is 2. The van der Waals surface area contributed by atoms with Crippen LogP contribution >= 0.6 is 0 Å². The number of halogens is 9. The minimum atomic E-state index is -5.08. The third kappa shape index (κ3) is 13.7. The molecule has 0 unspecified atom stereocenters. The normalized spacial score (nSPS) is 20.0. The molecule has 12 nitrogen and oxygen atoms in total. The second kappa shape index (κ2) is 17.3. The largest absolute Gasteiger partial charge is 0.490 e. The average molecular weight is 699 g/mol. The maximum atomic E-state index is 10.6. The van der Waals surface area contributed by atoms with Crippen LogP contribution in [0.25, 0.3) is 0 Å². The molecule has 0 bridgehead atoms. The zero-order valence-electron chi connectivity index (χ0n) is 24.9. The number of aliphatic carboxylic acids is 3. The molecule has 3 atom stereocenters. The number of pyridine rings is 1. The fourth-order valence-electron chi connectivity index (χ4n) is 4.61.